The Morgan fingerprint density at radius 1 is 0.905 bits per heavy atom. The van der Waals surface area contributed by atoms with Gasteiger partial charge in [-0.15, -0.1) is 0 Å². The molecular formula is C15H16O6. The van der Waals surface area contributed by atoms with Crippen molar-refractivity contribution in [1.29, 1.82) is 0 Å². The molecule has 0 heterocycles. The van der Waals surface area contributed by atoms with Gasteiger partial charge in [0.2, 0.25) is 0 Å². The van der Waals surface area contributed by atoms with Crippen molar-refractivity contribution in [2.24, 2.45) is 0 Å². The average Bonchev–Trinajstić information content (AvgIpc) is 3.10. The van der Waals surface area contributed by atoms with Gasteiger partial charge in [-0.05, 0) is 31.1 Å². The summed E-state index contributed by atoms with van der Waals surface area (Å²) in [7, 11) is 2.30. The van der Waals surface area contributed by atoms with E-state index < -0.39 is 11.9 Å². The third-order valence-electron chi connectivity index (χ3n) is 4.55. The Balaban J connectivity index is 2.34. The van der Waals surface area contributed by atoms with Gasteiger partial charge in [-0.1, -0.05) is 0 Å². The molecule has 2 unspecified atom stereocenters. The van der Waals surface area contributed by atoms with E-state index in [-0.39, 0.29) is 34.5 Å². The molecule has 1 saturated carbocycles. The molecule has 2 atom stereocenters. The highest BCUT2D eigenvalue weighted by molar-refractivity contribution is 6.08. The van der Waals surface area contributed by atoms with E-state index in [2.05, 4.69) is 9.47 Å². The summed E-state index contributed by atoms with van der Waals surface area (Å²) in [5.41, 5.74) is 0.537. The fourth-order valence-corrected chi connectivity index (χ4v) is 3.70. The Hall–Kier alpha value is -2.24. The molecule has 6 nitrogen and oxygen atoms in total. The predicted octanol–water partition coefficient (Wildman–Crippen LogP) is 2.04. The molecule has 2 bridgehead atoms. The van der Waals surface area contributed by atoms with Crippen molar-refractivity contribution < 1.29 is 29.3 Å². The minimum absolute atomic E-state index is 0.117. The van der Waals surface area contributed by atoms with E-state index in [1.54, 1.807) is 0 Å². The molecule has 3 rings (SSSR count). The van der Waals surface area contributed by atoms with Crippen LogP contribution in [0.4, 0.5) is 0 Å². The average molecular weight is 292 g/mol. The summed E-state index contributed by atoms with van der Waals surface area (Å²) in [4.78, 5) is 23.9. The first-order valence-electron chi connectivity index (χ1n) is 6.79. The maximum absolute atomic E-state index is 11.9. The largest absolute Gasteiger partial charge is 0.507 e. The topological polar surface area (TPSA) is 93.1 Å². The van der Waals surface area contributed by atoms with E-state index in [0.717, 1.165) is 33.5 Å². The van der Waals surface area contributed by atoms with Crippen LogP contribution in [0.25, 0.3) is 0 Å². The fraction of sp³-hybridized carbons (Fsp3) is 0.467. The molecule has 2 N–H and O–H groups in total. The van der Waals surface area contributed by atoms with Crippen LogP contribution >= 0.6 is 0 Å². The maximum Gasteiger partial charge on any atom is 0.342 e. The van der Waals surface area contributed by atoms with Gasteiger partial charge in [-0.25, -0.2) is 9.59 Å². The van der Waals surface area contributed by atoms with Crippen LogP contribution in [0.3, 0.4) is 0 Å². The summed E-state index contributed by atoms with van der Waals surface area (Å²) in [6, 6.07) is 0. The van der Waals surface area contributed by atoms with Crippen molar-refractivity contribution in [2.45, 2.75) is 31.1 Å². The molecule has 0 saturated heterocycles. The number of phenols is 2. The number of esters is 2. The summed E-state index contributed by atoms with van der Waals surface area (Å²) in [5.74, 6) is -2.02. The predicted molar refractivity (Wildman–Crippen MR) is 71.8 cm³/mol. The van der Waals surface area contributed by atoms with Gasteiger partial charge in [0.1, 0.15) is 22.6 Å². The summed E-state index contributed by atoms with van der Waals surface area (Å²) in [6.45, 7) is 0. The van der Waals surface area contributed by atoms with Crippen LogP contribution in [-0.4, -0.2) is 36.4 Å². The molecule has 1 aromatic carbocycles. The van der Waals surface area contributed by atoms with Crippen LogP contribution in [0.1, 0.15) is 62.9 Å². The minimum Gasteiger partial charge on any atom is -0.507 e. The normalized spacial score (nSPS) is 22.0. The molecule has 0 spiro atoms. The zero-order valence-electron chi connectivity index (χ0n) is 11.8. The lowest BCUT2D eigenvalue weighted by Crippen LogP contribution is -2.15. The zero-order valence-corrected chi connectivity index (χ0v) is 11.8. The lowest BCUT2D eigenvalue weighted by atomic mass is 9.86. The smallest absolute Gasteiger partial charge is 0.342 e. The summed E-state index contributed by atoms with van der Waals surface area (Å²) >= 11 is 0. The van der Waals surface area contributed by atoms with E-state index in [9.17, 15) is 19.8 Å². The number of carbonyl (C=O) groups is 2. The number of benzene rings is 1. The first-order valence-corrected chi connectivity index (χ1v) is 6.79. The highest BCUT2D eigenvalue weighted by Gasteiger charge is 2.45. The van der Waals surface area contributed by atoms with E-state index in [0.29, 0.717) is 11.1 Å². The zero-order chi connectivity index (χ0) is 15.3. The Kier molecular flexibility index (Phi) is 3.04. The minimum atomic E-state index is -0.867. The summed E-state index contributed by atoms with van der Waals surface area (Å²) in [5, 5.41) is 20.9. The third-order valence-corrected chi connectivity index (χ3v) is 4.55. The van der Waals surface area contributed by atoms with Crippen molar-refractivity contribution in [3.8, 4) is 11.5 Å². The second-order valence-corrected chi connectivity index (χ2v) is 5.46. The van der Waals surface area contributed by atoms with Crippen LogP contribution in [-0.2, 0) is 9.47 Å². The third kappa shape index (κ3) is 1.71. The van der Waals surface area contributed by atoms with Gasteiger partial charge in [0.05, 0.1) is 14.2 Å². The van der Waals surface area contributed by atoms with Gasteiger partial charge in [0.25, 0.3) is 0 Å². The molecule has 0 aromatic heterocycles. The van der Waals surface area contributed by atoms with Crippen LogP contribution in [0.5, 0.6) is 11.5 Å². The lowest BCUT2D eigenvalue weighted by Gasteiger charge is -2.22. The number of carbonyl (C=O) groups excluding carboxylic acids is 2. The molecule has 1 fully saturated rings. The summed E-state index contributed by atoms with van der Waals surface area (Å²) in [6.07, 6.45) is 2.63. The maximum atomic E-state index is 11.9. The van der Waals surface area contributed by atoms with Crippen molar-refractivity contribution >= 4 is 11.9 Å². The number of hydrogen-bond acceptors (Lipinski definition) is 6. The first-order chi connectivity index (χ1) is 10.0. The van der Waals surface area contributed by atoms with Gasteiger partial charge >= 0.3 is 11.9 Å². The molecule has 0 radical (unpaired) electrons. The van der Waals surface area contributed by atoms with E-state index in [1.807, 2.05) is 0 Å². The molecule has 1 aromatic rings. The number of ether oxygens (including phenoxy) is 2. The number of phenolic OH excluding ortho intramolecular Hbond substituents is 2. The van der Waals surface area contributed by atoms with Crippen LogP contribution in [0.2, 0.25) is 0 Å². The Morgan fingerprint density at radius 3 is 1.62 bits per heavy atom. The highest BCUT2D eigenvalue weighted by atomic mass is 16.5. The number of rotatable bonds is 2. The molecule has 0 aliphatic heterocycles. The molecule has 2 aliphatic rings. The van der Waals surface area contributed by atoms with E-state index in [4.69, 9.17) is 0 Å². The van der Waals surface area contributed by atoms with Crippen molar-refractivity contribution in [3.05, 3.63) is 22.3 Å². The van der Waals surface area contributed by atoms with Gasteiger partial charge in [-0.3, -0.25) is 0 Å². The fourth-order valence-electron chi connectivity index (χ4n) is 3.70. The Labute approximate surface area is 121 Å². The standard InChI is InChI=1S/C15H16O6/c1-20-14(18)10-11(15(19)21-2)13(17)9-7-4-3-6(5-7)8(9)12(10)16/h6-7,16-17H,3-5H2,1-2H3. The van der Waals surface area contributed by atoms with E-state index in [1.165, 1.54) is 0 Å². The molecule has 2 aliphatic carbocycles. The first kappa shape index (κ1) is 13.7. The van der Waals surface area contributed by atoms with Crippen LogP contribution < -0.4 is 0 Å². The molecule has 112 valence electrons. The van der Waals surface area contributed by atoms with E-state index >= 15 is 0 Å². The van der Waals surface area contributed by atoms with Gasteiger partial charge in [0, 0.05) is 11.1 Å². The van der Waals surface area contributed by atoms with Crippen LogP contribution in [0.15, 0.2) is 0 Å². The molecule has 0 amide bonds. The quantitative estimate of drug-likeness (QED) is 0.640. The molecule has 21 heavy (non-hydrogen) atoms. The SMILES string of the molecule is COC(=O)c1c(O)c2c(c(O)c1C(=O)OC)C1CCC2C1. The van der Waals surface area contributed by atoms with Gasteiger partial charge in [0.15, 0.2) is 0 Å². The highest BCUT2D eigenvalue weighted by Crippen LogP contribution is 2.60. The van der Waals surface area contributed by atoms with Crippen molar-refractivity contribution in [2.75, 3.05) is 14.2 Å². The Morgan fingerprint density at radius 2 is 1.29 bits per heavy atom. The van der Waals surface area contributed by atoms with Crippen molar-refractivity contribution in [3.63, 3.8) is 0 Å². The van der Waals surface area contributed by atoms with Gasteiger partial charge < -0.3 is 19.7 Å². The summed E-state index contributed by atoms with van der Waals surface area (Å²) < 4.78 is 9.26. The number of fused-ring (bicyclic) bond motifs is 5. The number of aromatic hydroxyl groups is 2. The second-order valence-electron chi connectivity index (χ2n) is 5.46. The number of hydrogen-bond donors (Lipinski definition) is 2. The molecule has 6 heteroatoms. The molecular weight excluding hydrogens is 276 g/mol. The lowest BCUT2D eigenvalue weighted by molar-refractivity contribution is 0.0548. The Bertz CT molecular complexity index is 593. The number of methoxy groups -OCH3 is 2. The monoisotopic (exact) mass is 292 g/mol. The van der Waals surface area contributed by atoms with Gasteiger partial charge in [-0.2, -0.15) is 0 Å². The van der Waals surface area contributed by atoms with Crippen molar-refractivity contribution in [1.82, 2.24) is 0 Å². The second kappa shape index (κ2) is 4.65. The van der Waals surface area contributed by atoms with Crippen LogP contribution in [0, 0.1) is 0 Å².